The summed E-state index contributed by atoms with van der Waals surface area (Å²) >= 11 is 0. The number of carboxylic acid groups (broad SMARTS) is 1. The lowest BCUT2D eigenvalue weighted by Gasteiger charge is -2.22. The summed E-state index contributed by atoms with van der Waals surface area (Å²) in [5.41, 5.74) is 2.12. The number of benzene rings is 1. The number of hydrogen-bond acceptors (Lipinski definition) is 2. The highest BCUT2D eigenvalue weighted by Gasteiger charge is 2.20. The molecule has 0 bridgehead atoms. The molecule has 1 aromatic carbocycles. The SMILES string of the molecule is CC(C)C1CCCN(Cc2ccccc2CC(=O)O)CC1. The van der Waals surface area contributed by atoms with Crippen molar-refractivity contribution in [2.24, 2.45) is 11.8 Å². The first-order chi connectivity index (χ1) is 10.1. The van der Waals surface area contributed by atoms with Crippen molar-refractivity contribution >= 4 is 5.97 Å². The van der Waals surface area contributed by atoms with E-state index in [4.69, 9.17) is 5.11 Å². The summed E-state index contributed by atoms with van der Waals surface area (Å²) in [4.78, 5) is 13.5. The lowest BCUT2D eigenvalue weighted by Crippen LogP contribution is -2.25. The van der Waals surface area contributed by atoms with Gasteiger partial charge in [-0.2, -0.15) is 0 Å². The zero-order valence-electron chi connectivity index (χ0n) is 13.2. The highest BCUT2D eigenvalue weighted by Crippen LogP contribution is 2.25. The molecule has 2 rings (SSSR count). The average Bonchev–Trinajstić information content (AvgIpc) is 2.66. The van der Waals surface area contributed by atoms with E-state index in [1.54, 1.807) is 0 Å². The Kier molecular flexibility index (Phi) is 5.80. The standard InChI is InChI=1S/C18H27NO2/c1-14(2)15-8-5-10-19(11-9-15)13-17-7-4-3-6-16(17)12-18(20)21/h3-4,6-7,14-15H,5,8-13H2,1-2H3,(H,20,21). The van der Waals surface area contributed by atoms with Crippen molar-refractivity contribution in [2.45, 2.75) is 46.1 Å². The molecule has 0 aliphatic carbocycles. The molecule has 0 spiro atoms. The van der Waals surface area contributed by atoms with Crippen LogP contribution in [0.15, 0.2) is 24.3 Å². The molecule has 0 amide bonds. The van der Waals surface area contributed by atoms with Gasteiger partial charge in [-0.25, -0.2) is 0 Å². The Balaban J connectivity index is 2.00. The molecule has 1 aliphatic heterocycles. The smallest absolute Gasteiger partial charge is 0.307 e. The van der Waals surface area contributed by atoms with E-state index in [1.807, 2.05) is 18.2 Å². The number of rotatable bonds is 5. The normalized spacial score (nSPS) is 20.4. The van der Waals surface area contributed by atoms with Crippen LogP contribution >= 0.6 is 0 Å². The molecule has 3 nitrogen and oxygen atoms in total. The van der Waals surface area contributed by atoms with Crippen LogP contribution in [0.25, 0.3) is 0 Å². The first-order valence-corrected chi connectivity index (χ1v) is 8.07. The maximum absolute atomic E-state index is 11.0. The maximum Gasteiger partial charge on any atom is 0.307 e. The molecule has 0 saturated carbocycles. The predicted molar refractivity (Wildman–Crippen MR) is 85.2 cm³/mol. The van der Waals surface area contributed by atoms with Gasteiger partial charge in [0.15, 0.2) is 0 Å². The van der Waals surface area contributed by atoms with E-state index in [9.17, 15) is 4.79 Å². The fourth-order valence-electron chi connectivity index (χ4n) is 3.29. The zero-order chi connectivity index (χ0) is 15.2. The molecule has 1 heterocycles. The lowest BCUT2D eigenvalue weighted by atomic mass is 9.89. The summed E-state index contributed by atoms with van der Waals surface area (Å²) in [6.07, 6.45) is 3.96. The monoisotopic (exact) mass is 289 g/mol. The van der Waals surface area contributed by atoms with Gasteiger partial charge in [0.25, 0.3) is 0 Å². The van der Waals surface area contributed by atoms with Crippen LogP contribution in [0.4, 0.5) is 0 Å². The number of carbonyl (C=O) groups is 1. The molecule has 3 heteroatoms. The highest BCUT2D eigenvalue weighted by atomic mass is 16.4. The number of hydrogen-bond donors (Lipinski definition) is 1. The molecule has 1 saturated heterocycles. The van der Waals surface area contributed by atoms with E-state index in [2.05, 4.69) is 24.8 Å². The molecule has 1 aromatic rings. The zero-order valence-corrected chi connectivity index (χ0v) is 13.2. The first kappa shape index (κ1) is 16.0. The summed E-state index contributed by atoms with van der Waals surface area (Å²) in [5, 5.41) is 9.02. The summed E-state index contributed by atoms with van der Waals surface area (Å²) in [6, 6.07) is 7.95. The fraction of sp³-hybridized carbons (Fsp3) is 0.611. The van der Waals surface area contributed by atoms with Gasteiger partial charge in [-0.3, -0.25) is 9.69 Å². The topological polar surface area (TPSA) is 40.5 Å². The van der Waals surface area contributed by atoms with Crippen LogP contribution in [-0.2, 0) is 17.8 Å². The van der Waals surface area contributed by atoms with E-state index in [1.165, 1.54) is 24.8 Å². The second-order valence-corrected chi connectivity index (χ2v) is 6.55. The van der Waals surface area contributed by atoms with Crippen molar-refractivity contribution in [1.82, 2.24) is 4.90 Å². The molecule has 1 unspecified atom stereocenters. The second kappa shape index (κ2) is 7.60. The third-order valence-electron chi connectivity index (χ3n) is 4.66. The van der Waals surface area contributed by atoms with Crippen LogP contribution in [0.3, 0.4) is 0 Å². The van der Waals surface area contributed by atoms with Gasteiger partial charge in [-0.15, -0.1) is 0 Å². The molecule has 1 N–H and O–H groups in total. The van der Waals surface area contributed by atoms with Crippen molar-refractivity contribution in [2.75, 3.05) is 13.1 Å². The molecule has 1 aliphatic rings. The van der Waals surface area contributed by atoms with Crippen LogP contribution in [0.2, 0.25) is 0 Å². The quantitative estimate of drug-likeness (QED) is 0.901. The Labute approximate surface area is 128 Å². The van der Waals surface area contributed by atoms with Gasteiger partial charge in [0.05, 0.1) is 6.42 Å². The van der Waals surface area contributed by atoms with E-state index in [0.717, 1.165) is 37.0 Å². The van der Waals surface area contributed by atoms with Crippen LogP contribution < -0.4 is 0 Å². The number of nitrogens with zero attached hydrogens (tertiary/aromatic N) is 1. The Morgan fingerprint density at radius 2 is 1.95 bits per heavy atom. The molecule has 116 valence electrons. The predicted octanol–water partition coefficient (Wildman–Crippen LogP) is 3.57. The molecule has 0 aromatic heterocycles. The van der Waals surface area contributed by atoms with Crippen molar-refractivity contribution in [3.05, 3.63) is 35.4 Å². The number of likely N-dealkylation sites (tertiary alicyclic amines) is 1. The van der Waals surface area contributed by atoms with E-state index >= 15 is 0 Å². The Morgan fingerprint density at radius 3 is 2.62 bits per heavy atom. The molecular formula is C18H27NO2. The largest absolute Gasteiger partial charge is 0.481 e. The minimum Gasteiger partial charge on any atom is -0.481 e. The van der Waals surface area contributed by atoms with Crippen molar-refractivity contribution in [3.63, 3.8) is 0 Å². The van der Waals surface area contributed by atoms with Gasteiger partial charge >= 0.3 is 5.97 Å². The Bertz CT molecular complexity index is 470. The average molecular weight is 289 g/mol. The molecule has 1 atom stereocenters. The summed E-state index contributed by atoms with van der Waals surface area (Å²) in [6.45, 7) is 7.79. The number of carboxylic acids is 1. The van der Waals surface area contributed by atoms with Gasteiger partial charge in [0, 0.05) is 6.54 Å². The lowest BCUT2D eigenvalue weighted by molar-refractivity contribution is -0.136. The minimum absolute atomic E-state index is 0.124. The van der Waals surface area contributed by atoms with Gasteiger partial charge in [0.2, 0.25) is 0 Å². The molecular weight excluding hydrogens is 262 g/mol. The Hall–Kier alpha value is -1.35. The van der Waals surface area contributed by atoms with Crippen LogP contribution in [0.1, 0.15) is 44.2 Å². The fourth-order valence-corrected chi connectivity index (χ4v) is 3.29. The second-order valence-electron chi connectivity index (χ2n) is 6.55. The van der Waals surface area contributed by atoms with Gasteiger partial charge in [-0.1, -0.05) is 38.1 Å². The maximum atomic E-state index is 11.0. The molecule has 0 radical (unpaired) electrons. The van der Waals surface area contributed by atoms with Crippen molar-refractivity contribution in [3.8, 4) is 0 Å². The minimum atomic E-state index is -0.752. The van der Waals surface area contributed by atoms with Crippen molar-refractivity contribution in [1.29, 1.82) is 0 Å². The molecule has 1 fully saturated rings. The highest BCUT2D eigenvalue weighted by molar-refractivity contribution is 5.70. The first-order valence-electron chi connectivity index (χ1n) is 8.07. The number of aliphatic carboxylic acids is 1. The molecule has 21 heavy (non-hydrogen) atoms. The van der Waals surface area contributed by atoms with E-state index in [-0.39, 0.29) is 6.42 Å². The summed E-state index contributed by atoms with van der Waals surface area (Å²) in [7, 11) is 0. The van der Waals surface area contributed by atoms with Gasteiger partial charge < -0.3 is 5.11 Å². The van der Waals surface area contributed by atoms with Crippen LogP contribution in [0.5, 0.6) is 0 Å². The van der Waals surface area contributed by atoms with Crippen LogP contribution in [0, 0.1) is 11.8 Å². The third kappa shape index (κ3) is 4.85. The van der Waals surface area contributed by atoms with E-state index < -0.39 is 5.97 Å². The summed E-state index contributed by atoms with van der Waals surface area (Å²) < 4.78 is 0. The van der Waals surface area contributed by atoms with Crippen molar-refractivity contribution < 1.29 is 9.90 Å². The van der Waals surface area contributed by atoms with Gasteiger partial charge in [-0.05, 0) is 55.3 Å². The van der Waals surface area contributed by atoms with Crippen LogP contribution in [-0.4, -0.2) is 29.1 Å². The third-order valence-corrected chi connectivity index (χ3v) is 4.66. The summed E-state index contributed by atoms with van der Waals surface area (Å²) in [5.74, 6) is 0.853. The Morgan fingerprint density at radius 1 is 1.24 bits per heavy atom. The van der Waals surface area contributed by atoms with E-state index in [0.29, 0.717) is 0 Å². The van der Waals surface area contributed by atoms with Gasteiger partial charge in [0.1, 0.15) is 0 Å².